The minimum absolute atomic E-state index is 0.333. The Labute approximate surface area is 98.0 Å². The Kier molecular flexibility index (Phi) is 4.51. The highest BCUT2D eigenvalue weighted by Crippen LogP contribution is 2.30. The molecule has 1 aromatic rings. The van der Waals surface area contributed by atoms with Crippen LogP contribution in [0.25, 0.3) is 0 Å². The molecule has 0 spiro atoms. The van der Waals surface area contributed by atoms with Crippen molar-refractivity contribution in [3.63, 3.8) is 0 Å². The van der Waals surface area contributed by atoms with Gasteiger partial charge in [0.25, 0.3) is 0 Å². The van der Waals surface area contributed by atoms with Gasteiger partial charge >= 0.3 is 6.18 Å². The molecular formula is C12H15F4N. The van der Waals surface area contributed by atoms with Crippen LogP contribution in [0.3, 0.4) is 0 Å². The topological polar surface area (TPSA) is 3.24 Å². The summed E-state index contributed by atoms with van der Waals surface area (Å²) in [5, 5.41) is 0. The molecule has 0 bridgehead atoms. The first kappa shape index (κ1) is 14.0. The smallest absolute Gasteiger partial charge is 0.309 e. The van der Waals surface area contributed by atoms with E-state index in [-0.39, 0.29) is 0 Å². The lowest BCUT2D eigenvalue weighted by atomic mass is 10.1. The molecule has 17 heavy (non-hydrogen) atoms. The lowest BCUT2D eigenvalue weighted by Gasteiger charge is -2.11. The Hall–Kier alpha value is -1.10. The van der Waals surface area contributed by atoms with Gasteiger partial charge in [-0.3, -0.25) is 0 Å². The van der Waals surface area contributed by atoms with Crippen molar-refractivity contribution < 1.29 is 17.6 Å². The zero-order chi connectivity index (χ0) is 13.1. The van der Waals surface area contributed by atoms with E-state index in [0.29, 0.717) is 18.1 Å². The summed E-state index contributed by atoms with van der Waals surface area (Å²) in [4.78, 5) is 1.95. The molecule has 5 heteroatoms. The molecule has 0 atom stereocenters. The van der Waals surface area contributed by atoms with Gasteiger partial charge in [-0.25, -0.2) is 4.39 Å². The monoisotopic (exact) mass is 249 g/mol. The summed E-state index contributed by atoms with van der Waals surface area (Å²) < 4.78 is 50.2. The van der Waals surface area contributed by atoms with E-state index < -0.39 is 17.6 Å². The van der Waals surface area contributed by atoms with Gasteiger partial charge in [0.2, 0.25) is 0 Å². The van der Waals surface area contributed by atoms with Crippen LogP contribution in [0.1, 0.15) is 17.5 Å². The molecule has 1 rings (SSSR count). The summed E-state index contributed by atoms with van der Waals surface area (Å²) in [5.41, 5.74) is -0.605. The summed E-state index contributed by atoms with van der Waals surface area (Å²) in [6.07, 6.45) is -3.32. The van der Waals surface area contributed by atoms with E-state index in [9.17, 15) is 17.6 Å². The summed E-state index contributed by atoms with van der Waals surface area (Å²) in [6, 6.07) is 2.70. The molecule has 0 saturated carbocycles. The number of rotatable bonds is 4. The summed E-state index contributed by atoms with van der Waals surface area (Å²) >= 11 is 0. The molecule has 0 aliphatic carbocycles. The third kappa shape index (κ3) is 4.34. The second-order valence-corrected chi connectivity index (χ2v) is 4.21. The lowest BCUT2D eigenvalue weighted by molar-refractivity contribution is -0.137. The number of halogens is 4. The Morgan fingerprint density at radius 2 is 1.82 bits per heavy atom. The van der Waals surface area contributed by atoms with E-state index in [1.165, 1.54) is 6.07 Å². The predicted molar refractivity (Wildman–Crippen MR) is 58.3 cm³/mol. The van der Waals surface area contributed by atoms with Crippen LogP contribution < -0.4 is 0 Å². The average Bonchev–Trinajstić information content (AvgIpc) is 2.18. The summed E-state index contributed by atoms with van der Waals surface area (Å²) in [5.74, 6) is -0.779. The van der Waals surface area contributed by atoms with Crippen LogP contribution in [0.4, 0.5) is 17.6 Å². The van der Waals surface area contributed by atoms with Crippen molar-refractivity contribution in [2.24, 2.45) is 0 Å². The van der Waals surface area contributed by atoms with Gasteiger partial charge in [-0.05, 0) is 51.2 Å². The first-order valence-corrected chi connectivity index (χ1v) is 5.31. The Morgan fingerprint density at radius 3 is 2.29 bits per heavy atom. The molecular weight excluding hydrogens is 234 g/mol. The SMILES string of the molecule is CN(C)CCCc1ccc(C(F)(F)F)cc1F. The average molecular weight is 249 g/mol. The Bertz CT molecular complexity index is 371. The van der Waals surface area contributed by atoms with Crippen molar-refractivity contribution in [3.05, 3.63) is 35.1 Å². The number of aryl methyl sites for hydroxylation is 1. The molecule has 0 aliphatic rings. The van der Waals surface area contributed by atoms with Crippen LogP contribution in [0.5, 0.6) is 0 Å². The van der Waals surface area contributed by atoms with Gasteiger partial charge in [0, 0.05) is 0 Å². The molecule has 1 nitrogen and oxygen atoms in total. The van der Waals surface area contributed by atoms with E-state index in [2.05, 4.69) is 0 Å². The van der Waals surface area contributed by atoms with Crippen LogP contribution >= 0.6 is 0 Å². The molecule has 0 saturated heterocycles. The van der Waals surface area contributed by atoms with Gasteiger partial charge in [-0.1, -0.05) is 6.07 Å². The highest BCUT2D eigenvalue weighted by Gasteiger charge is 2.31. The molecule has 1 aromatic carbocycles. The fraction of sp³-hybridized carbons (Fsp3) is 0.500. The normalized spacial score (nSPS) is 12.2. The largest absolute Gasteiger partial charge is 0.416 e. The number of benzene rings is 1. The Morgan fingerprint density at radius 1 is 1.18 bits per heavy atom. The van der Waals surface area contributed by atoms with E-state index in [0.717, 1.165) is 19.0 Å². The maximum atomic E-state index is 13.4. The second-order valence-electron chi connectivity index (χ2n) is 4.21. The van der Waals surface area contributed by atoms with Gasteiger partial charge in [0.05, 0.1) is 5.56 Å². The zero-order valence-electron chi connectivity index (χ0n) is 9.81. The highest BCUT2D eigenvalue weighted by atomic mass is 19.4. The standard InChI is InChI=1S/C12H15F4N/c1-17(2)7-3-4-9-5-6-10(8-11(9)13)12(14,15)16/h5-6,8H,3-4,7H2,1-2H3. The molecule has 0 amide bonds. The highest BCUT2D eigenvalue weighted by molar-refractivity contribution is 5.26. The number of alkyl halides is 3. The van der Waals surface area contributed by atoms with Crippen molar-refractivity contribution in [1.82, 2.24) is 4.90 Å². The van der Waals surface area contributed by atoms with Crippen LogP contribution in [0.2, 0.25) is 0 Å². The number of hydrogen-bond donors (Lipinski definition) is 0. The minimum Gasteiger partial charge on any atom is -0.309 e. The van der Waals surface area contributed by atoms with E-state index in [4.69, 9.17) is 0 Å². The van der Waals surface area contributed by atoms with Crippen molar-refractivity contribution >= 4 is 0 Å². The lowest BCUT2D eigenvalue weighted by Crippen LogP contribution is -2.14. The van der Waals surface area contributed by atoms with Crippen LogP contribution in [0, 0.1) is 5.82 Å². The maximum absolute atomic E-state index is 13.4. The van der Waals surface area contributed by atoms with E-state index >= 15 is 0 Å². The third-order valence-corrected chi connectivity index (χ3v) is 2.43. The minimum atomic E-state index is -4.48. The second kappa shape index (κ2) is 5.49. The molecule has 0 unspecified atom stereocenters. The van der Waals surface area contributed by atoms with Crippen molar-refractivity contribution in [2.75, 3.05) is 20.6 Å². The van der Waals surface area contributed by atoms with Gasteiger partial charge in [0.1, 0.15) is 5.82 Å². The van der Waals surface area contributed by atoms with E-state index in [1.807, 2.05) is 19.0 Å². The van der Waals surface area contributed by atoms with Crippen molar-refractivity contribution in [1.29, 1.82) is 0 Å². The van der Waals surface area contributed by atoms with Crippen molar-refractivity contribution in [3.8, 4) is 0 Å². The molecule has 0 aliphatic heterocycles. The molecule has 96 valence electrons. The first-order valence-electron chi connectivity index (χ1n) is 5.31. The molecule has 0 heterocycles. The van der Waals surface area contributed by atoms with Gasteiger partial charge in [0.15, 0.2) is 0 Å². The van der Waals surface area contributed by atoms with Gasteiger partial charge in [-0.15, -0.1) is 0 Å². The quantitative estimate of drug-likeness (QED) is 0.740. The van der Waals surface area contributed by atoms with Crippen LogP contribution in [-0.2, 0) is 12.6 Å². The maximum Gasteiger partial charge on any atom is 0.416 e. The molecule has 0 fully saturated rings. The molecule has 0 aromatic heterocycles. The fourth-order valence-electron chi connectivity index (χ4n) is 1.51. The molecule has 0 radical (unpaired) electrons. The van der Waals surface area contributed by atoms with Crippen LogP contribution in [0.15, 0.2) is 18.2 Å². The summed E-state index contributed by atoms with van der Waals surface area (Å²) in [7, 11) is 3.78. The Balaban J connectivity index is 2.70. The zero-order valence-corrected chi connectivity index (χ0v) is 9.81. The first-order chi connectivity index (χ1) is 7.80. The van der Waals surface area contributed by atoms with E-state index in [1.54, 1.807) is 0 Å². The molecule has 0 N–H and O–H groups in total. The third-order valence-electron chi connectivity index (χ3n) is 2.43. The number of nitrogens with zero attached hydrogens (tertiary/aromatic N) is 1. The van der Waals surface area contributed by atoms with Crippen molar-refractivity contribution in [2.45, 2.75) is 19.0 Å². The number of hydrogen-bond acceptors (Lipinski definition) is 1. The fourth-order valence-corrected chi connectivity index (χ4v) is 1.51. The predicted octanol–water partition coefficient (Wildman–Crippen LogP) is 3.34. The van der Waals surface area contributed by atoms with Gasteiger partial charge < -0.3 is 4.90 Å². The summed E-state index contributed by atoms with van der Waals surface area (Å²) in [6.45, 7) is 0.778. The van der Waals surface area contributed by atoms with Crippen LogP contribution in [-0.4, -0.2) is 25.5 Å². The van der Waals surface area contributed by atoms with Gasteiger partial charge in [-0.2, -0.15) is 13.2 Å².